The summed E-state index contributed by atoms with van der Waals surface area (Å²) in [5, 5.41) is 0. The number of thiol groups is 1. The molecule has 2 nitrogen and oxygen atoms in total. The molecule has 0 spiro atoms. The number of rotatable bonds is 9. The summed E-state index contributed by atoms with van der Waals surface area (Å²) in [6.45, 7) is 0. The van der Waals surface area contributed by atoms with Gasteiger partial charge in [-0.25, -0.2) is 9.47 Å². The van der Waals surface area contributed by atoms with Crippen molar-refractivity contribution in [1.29, 1.82) is 0 Å². The van der Waals surface area contributed by atoms with Crippen molar-refractivity contribution < 1.29 is 84.1 Å². The number of halogens is 17. The van der Waals surface area contributed by atoms with Crippen LogP contribution in [0.15, 0.2) is 0 Å². The fourth-order valence-corrected chi connectivity index (χ4v) is 1.20. The molecule has 176 valence electrons. The highest BCUT2D eigenvalue weighted by Crippen LogP contribution is 2.55. The van der Waals surface area contributed by atoms with Crippen LogP contribution in [0.4, 0.5) is 74.6 Å². The molecule has 0 unspecified atom stereocenters. The normalized spacial score (nSPS) is 16.3. The number of ether oxygens (including phenoxy) is 2. The van der Waals surface area contributed by atoms with E-state index in [1.807, 2.05) is 0 Å². The first-order valence-corrected chi connectivity index (χ1v) is 6.58. The smallest absolute Gasteiger partial charge is 0.245 e. The van der Waals surface area contributed by atoms with E-state index in [2.05, 4.69) is 12.6 Å². The van der Waals surface area contributed by atoms with Gasteiger partial charge < -0.3 is 0 Å². The molecule has 0 aromatic heterocycles. The second-order valence-electron chi connectivity index (χ2n) is 4.78. The van der Waals surface area contributed by atoms with Crippen molar-refractivity contribution in [3.8, 4) is 0 Å². The van der Waals surface area contributed by atoms with E-state index in [-0.39, 0.29) is 0 Å². The molecule has 0 bridgehead atoms. The lowest BCUT2D eigenvalue weighted by molar-refractivity contribution is -0.541. The highest BCUT2D eigenvalue weighted by molar-refractivity contribution is 7.80. The zero-order valence-corrected chi connectivity index (χ0v) is 13.3. The lowest BCUT2D eigenvalue weighted by atomic mass is 10.2. The number of hydrogen-bond acceptors (Lipinski definition) is 3. The lowest BCUT2D eigenvalue weighted by Gasteiger charge is -2.37. The molecule has 0 amide bonds. The van der Waals surface area contributed by atoms with Crippen LogP contribution in [-0.2, 0) is 9.47 Å². The molecule has 0 aliphatic heterocycles. The Morgan fingerprint density at radius 3 is 1.00 bits per heavy atom. The van der Waals surface area contributed by atoms with Crippen molar-refractivity contribution in [2.75, 3.05) is 5.75 Å². The zero-order chi connectivity index (χ0) is 24.1. The summed E-state index contributed by atoms with van der Waals surface area (Å²) >= 11 is 2.48. The molecule has 0 atom stereocenters. The predicted octanol–water partition coefficient (Wildman–Crippen LogP) is 5.79. The maximum Gasteiger partial charge on any atom is 0.462 e. The molecule has 0 heterocycles. The van der Waals surface area contributed by atoms with Gasteiger partial charge in [0.05, 0.1) is 5.75 Å². The van der Waals surface area contributed by atoms with Gasteiger partial charge in [-0.1, -0.05) is 0 Å². The first kappa shape index (κ1) is 28.1. The van der Waals surface area contributed by atoms with Crippen LogP contribution in [-0.4, -0.2) is 54.1 Å². The van der Waals surface area contributed by atoms with Crippen molar-refractivity contribution in [3.63, 3.8) is 0 Å². The fourth-order valence-electron chi connectivity index (χ4n) is 1.02. The summed E-state index contributed by atoms with van der Waals surface area (Å²) in [4.78, 5) is 0. The minimum Gasteiger partial charge on any atom is -0.245 e. The molecule has 0 saturated heterocycles. The van der Waals surface area contributed by atoms with Gasteiger partial charge in [0.25, 0.3) is 0 Å². The van der Waals surface area contributed by atoms with Crippen LogP contribution in [0.1, 0.15) is 0 Å². The van der Waals surface area contributed by atoms with Gasteiger partial charge in [0.15, 0.2) is 0 Å². The Bertz CT molecular complexity index is 582. The highest BCUT2D eigenvalue weighted by Gasteiger charge is 2.83. The van der Waals surface area contributed by atoms with E-state index in [0.717, 1.165) is 0 Å². The van der Waals surface area contributed by atoms with E-state index < -0.39 is 54.1 Å². The van der Waals surface area contributed by atoms with E-state index in [0.29, 0.717) is 0 Å². The summed E-state index contributed by atoms with van der Waals surface area (Å²) in [6, 6.07) is 0. The van der Waals surface area contributed by atoms with Gasteiger partial charge in [-0.2, -0.15) is 87.3 Å². The fraction of sp³-hybridized carbons (Fsp3) is 1.00. The summed E-state index contributed by atoms with van der Waals surface area (Å²) < 4.78 is 216. The third-order valence-corrected chi connectivity index (χ3v) is 2.99. The minimum absolute atomic E-state index is 1.20. The summed E-state index contributed by atoms with van der Waals surface area (Å²) in [7, 11) is 0. The Morgan fingerprint density at radius 2 is 0.724 bits per heavy atom. The van der Waals surface area contributed by atoms with Gasteiger partial charge in [0.2, 0.25) is 0 Å². The molecular formula is C9H3F17O2S. The number of hydrogen-bond donors (Lipinski definition) is 1. The van der Waals surface area contributed by atoms with Crippen LogP contribution >= 0.6 is 12.6 Å². The van der Waals surface area contributed by atoms with Gasteiger partial charge in [0, 0.05) is 0 Å². The monoisotopic (exact) mass is 498 g/mol. The Balaban J connectivity index is 6.03. The molecule has 0 aliphatic rings. The maximum absolute atomic E-state index is 13.0. The quantitative estimate of drug-likeness (QED) is 0.321. The van der Waals surface area contributed by atoms with Crippen LogP contribution in [0.25, 0.3) is 0 Å². The van der Waals surface area contributed by atoms with Gasteiger partial charge >= 0.3 is 48.4 Å². The Labute approximate surface area is 152 Å². The molecule has 0 radical (unpaired) electrons. The molecule has 0 fully saturated rings. The molecule has 0 aliphatic carbocycles. The van der Waals surface area contributed by atoms with Crippen molar-refractivity contribution >= 4 is 12.6 Å². The maximum atomic E-state index is 13.0. The summed E-state index contributed by atoms with van der Waals surface area (Å²) in [5.74, 6) is -23.9. The lowest BCUT2D eigenvalue weighted by Crippen LogP contribution is -2.64. The number of alkyl halides is 17. The van der Waals surface area contributed by atoms with Crippen LogP contribution in [0.2, 0.25) is 0 Å². The van der Waals surface area contributed by atoms with Crippen LogP contribution in [0.3, 0.4) is 0 Å². The Hall–Kier alpha value is -0.920. The van der Waals surface area contributed by atoms with E-state index >= 15 is 0 Å². The van der Waals surface area contributed by atoms with Crippen LogP contribution < -0.4 is 0 Å². The summed E-state index contributed by atoms with van der Waals surface area (Å²) in [6.07, 6.45) is -37.3. The average molecular weight is 498 g/mol. The molecule has 20 heteroatoms. The van der Waals surface area contributed by atoms with Crippen molar-refractivity contribution in [3.05, 3.63) is 0 Å². The standard InChI is InChI=1S/C9H3F17O2S/c10-2(11,1-29)6(19,20)27-8(23,24)4(14,15)9(25,26)28-7(21,22)3(12,13)5(16,17)18/h29H,1H2. The summed E-state index contributed by atoms with van der Waals surface area (Å²) in [5.41, 5.74) is 0. The molecular weight excluding hydrogens is 495 g/mol. The Kier molecular flexibility index (Phi) is 7.11. The second-order valence-corrected chi connectivity index (χ2v) is 5.10. The Morgan fingerprint density at radius 1 is 0.448 bits per heavy atom. The predicted molar refractivity (Wildman–Crippen MR) is 56.7 cm³/mol. The van der Waals surface area contributed by atoms with Gasteiger partial charge in [0.1, 0.15) is 0 Å². The van der Waals surface area contributed by atoms with Crippen molar-refractivity contribution in [1.82, 2.24) is 0 Å². The van der Waals surface area contributed by atoms with Gasteiger partial charge in [-0.15, -0.1) is 0 Å². The minimum atomic E-state index is -7.92. The molecule has 0 N–H and O–H groups in total. The molecule has 0 aromatic carbocycles. The van der Waals surface area contributed by atoms with E-state index in [1.54, 1.807) is 4.74 Å². The van der Waals surface area contributed by atoms with E-state index in [1.165, 1.54) is 4.74 Å². The van der Waals surface area contributed by atoms with Crippen molar-refractivity contribution in [2.24, 2.45) is 0 Å². The first-order valence-electron chi connectivity index (χ1n) is 5.95. The molecule has 0 saturated carbocycles. The third-order valence-electron chi connectivity index (χ3n) is 2.59. The van der Waals surface area contributed by atoms with Crippen LogP contribution in [0, 0.1) is 0 Å². The SMILES string of the molecule is FC(F)(F)C(F)(F)C(F)(F)OC(F)(F)C(F)(F)C(F)(F)OC(F)(F)C(F)(F)CS. The van der Waals surface area contributed by atoms with Crippen LogP contribution in [0.5, 0.6) is 0 Å². The first-order chi connectivity index (χ1) is 12.2. The zero-order valence-electron chi connectivity index (χ0n) is 12.4. The van der Waals surface area contributed by atoms with E-state index in [4.69, 9.17) is 0 Å². The second kappa shape index (κ2) is 7.34. The molecule has 0 rings (SSSR count). The van der Waals surface area contributed by atoms with Gasteiger partial charge in [-0.05, 0) is 0 Å². The van der Waals surface area contributed by atoms with E-state index in [9.17, 15) is 74.6 Å². The molecule has 0 aromatic rings. The third kappa shape index (κ3) is 4.88. The highest BCUT2D eigenvalue weighted by atomic mass is 32.1. The topological polar surface area (TPSA) is 18.5 Å². The van der Waals surface area contributed by atoms with Crippen molar-refractivity contribution in [2.45, 2.75) is 48.4 Å². The largest absolute Gasteiger partial charge is 0.462 e. The molecule has 29 heavy (non-hydrogen) atoms. The van der Waals surface area contributed by atoms with Gasteiger partial charge in [-0.3, -0.25) is 0 Å². The average Bonchev–Trinajstić information content (AvgIpc) is 2.42.